The van der Waals surface area contributed by atoms with Crippen molar-refractivity contribution in [2.24, 2.45) is 5.73 Å². The Balaban J connectivity index is 1.47. The molecule has 0 saturated carbocycles. The van der Waals surface area contributed by atoms with Gasteiger partial charge in [-0.25, -0.2) is 5.48 Å². The molecule has 0 saturated heterocycles. The van der Waals surface area contributed by atoms with Crippen molar-refractivity contribution in [2.75, 3.05) is 18.4 Å². The summed E-state index contributed by atoms with van der Waals surface area (Å²) < 4.78 is 0. The second kappa shape index (κ2) is 14.0. The Morgan fingerprint density at radius 3 is 2.05 bits per heavy atom. The molecule has 0 spiro atoms. The van der Waals surface area contributed by atoms with E-state index in [9.17, 15) is 24.5 Å². The van der Waals surface area contributed by atoms with Crippen LogP contribution >= 0.6 is 0 Å². The predicted molar refractivity (Wildman–Crippen MR) is 143 cm³/mol. The number of nitrogens with one attached hydrogen (secondary N) is 4. The molecule has 3 rings (SSSR count). The third-order valence-electron chi connectivity index (χ3n) is 5.40. The van der Waals surface area contributed by atoms with Crippen molar-refractivity contribution in [3.8, 4) is 11.8 Å². The average molecular weight is 531 g/mol. The van der Waals surface area contributed by atoms with Crippen molar-refractivity contribution in [1.82, 2.24) is 16.1 Å². The Morgan fingerprint density at radius 1 is 0.923 bits per heavy atom. The van der Waals surface area contributed by atoms with Crippen molar-refractivity contribution in [2.45, 2.75) is 12.6 Å². The van der Waals surface area contributed by atoms with Crippen molar-refractivity contribution in [3.05, 3.63) is 105 Å². The maximum absolute atomic E-state index is 12.3. The topological polar surface area (TPSA) is 189 Å². The number of carbonyl (C=O) groups excluding carboxylic acids is 3. The van der Waals surface area contributed by atoms with Crippen molar-refractivity contribution in [1.29, 1.82) is 0 Å². The fraction of sp³-hybridized carbons (Fsp3) is 0.148. The Hall–Kier alpha value is -5.09. The van der Waals surface area contributed by atoms with Crippen LogP contribution in [0.25, 0.3) is 0 Å². The number of carbonyl (C=O) groups is 3. The number of benzene rings is 3. The zero-order valence-corrected chi connectivity index (χ0v) is 20.6. The first kappa shape index (κ1) is 28.5. The van der Waals surface area contributed by atoms with Gasteiger partial charge in [-0.05, 0) is 54.1 Å². The van der Waals surface area contributed by atoms with E-state index in [-0.39, 0.29) is 24.7 Å². The van der Waals surface area contributed by atoms with Gasteiger partial charge in [0.1, 0.15) is 6.04 Å². The minimum atomic E-state index is -1.06. The SMILES string of the molecule is NC[C@H](NC(=O)c1ccc(C#Cc2ccc(NC(=O)CNCc3ccc([N+](=O)[O-])cc3)cc2)cc1)C(=O)NO. The summed E-state index contributed by atoms with van der Waals surface area (Å²) in [5, 5.41) is 27.6. The van der Waals surface area contributed by atoms with E-state index in [0.717, 1.165) is 5.56 Å². The summed E-state index contributed by atoms with van der Waals surface area (Å²) in [6, 6.07) is 18.4. The van der Waals surface area contributed by atoms with E-state index in [4.69, 9.17) is 10.9 Å². The summed E-state index contributed by atoms with van der Waals surface area (Å²) >= 11 is 0. The third-order valence-corrected chi connectivity index (χ3v) is 5.40. The number of nitro benzene ring substituents is 1. The summed E-state index contributed by atoms with van der Waals surface area (Å²) in [6.07, 6.45) is 0. The molecule has 0 radical (unpaired) electrons. The number of non-ortho nitro benzene ring substituents is 1. The fourth-order valence-electron chi connectivity index (χ4n) is 3.30. The second-order valence-electron chi connectivity index (χ2n) is 8.22. The minimum absolute atomic E-state index is 0.0111. The molecule has 3 amide bonds. The summed E-state index contributed by atoms with van der Waals surface area (Å²) in [6.45, 7) is 0.278. The molecule has 0 fully saturated rings. The molecule has 0 aromatic heterocycles. The van der Waals surface area contributed by atoms with Crippen LogP contribution in [0, 0.1) is 22.0 Å². The van der Waals surface area contributed by atoms with Gasteiger partial charge in [-0.2, -0.15) is 0 Å². The first-order valence-corrected chi connectivity index (χ1v) is 11.7. The van der Waals surface area contributed by atoms with E-state index >= 15 is 0 Å². The highest BCUT2D eigenvalue weighted by Crippen LogP contribution is 2.12. The van der Waals surface area contributed by atoms with Gasteiger partial charge >= 0.3 is 0 Å². The number of nitro groups is 1. The molecule has 0 aliphatic heterocycles. The standard InChI is InChI=1S/C27H26N6O6/c28-15-24(27(36)32-37)31-26(35)21-9-3-18(4-10-21)1-2-19-5-11-22(12-6-19)30-25(34)17-29-16-20-7-13-23(14-8-20)33(38)39/h3-14,24,29,37H,15-17,28H2,(H,30,34)(H,31,35)(H,32,36)/t24-/m0/s1. The predicted octanol–water partition coefficient (Wildman–Crippen LogP) is 1.29. The first-order chi connectivity index (χ1) is 18.8. The molecule has 1 atom stereocenters. The number of amides is 3. The van der Waals surface area contributed by atoms with Crippen LogP contribution in [0.1, 0.15) is 27.0 Å². The maximum atomic E-state index is 12.3. The van der Waals surface area contributed by atoms with Crippen LogP contribution in [0.2, 0.25) is 0 Å². The second-order valence-corrected chi connectivity index (χ2v) is 8.22. The summed E-state index contributed by atoms with van der Waals surface area (Å²) in [7, 11) is 0. The van der Waals surface area contributed by atoms with Gasteiger partial charge in [0.05, 0.1) is 11.5 Å². The highest BCUT2D eigenvalue weighted by Gasteiger charge is 2.19. The number of anilines is 1. The number of hydrogen-bond acceptors (Lipinski definition) is 8. The molecule has 200 valence electrons. The van der Waals surface area contributed by atoms with Gasteiger partial charge in [-0.3, -0.25) is 29.7 Å². The first-order valence-electron chi connectivity index (χ1n) is 11.7. The van der Waals surface area contributed by atoms with Gasteiger partial charge < -0.3 is 21.7 Å². The zero-order chi connectivity index (χ0) is 28.2. The lowest BCUT2D eigenvalue weighted by Crippen LogP contribution is -2.50. The molecule has 7 N–H and O–H groups in total. The molecule has 3 aromatic carbocycles. The lowest BCUT2D eigenvalue weighted by molar-refractivity contribution is -0.384. The molecular weight excluding hydrogens is 504 g/mol. The van der Waals surface area contributed by atoms with E-state index < -0.39 is 22.8 Å². The quantitative estimate of drug-likeness (QED) is 0.0978. The van der Waals surface area contributed by atoms with Crippen LogP contribution in [-0.4, -0.2) is 47.0 Å². The lowest BCUT2D eigenvalue weighted by atomic mass is 10.1. The molecule has 0 bridgehead atoms. The van der Waals surface area contributed by atoms with Gasteiger partial charge in [0.25, 0.3) is 17.5 Å². The highest BCUT2D eigenvalue weighted by atomic mass is 16.6. The molecule has 0 heterocycles. The molecule has 39 heavy (non-hydrogen) atoms. The van der Waals surface area contributed by atoms with Gasteiger partial charge in [-0.15, -0.1) is 0 Å². The van der Waals surface area contributed by atoms with Crippen LogP contribution in [0.3, 0.4) is 0 Å². The van der Waals surface area contributed by atoms with E-state index in [2.05, 4.69) is 27.8 Å². The largest absolute Gasteiger partial charge is 0.339 e. The van der Waals surface area contributed by atoms with Gasteiger partial charge in [0.15, 0.2) is 0 Å². The molecule has 0 aliphatic carbocycles. The smallest absolute Gasteiger partial charge is 0.269 e. The van der Waals surface area contributed by atoms with Crippen LogP contribution in [0.15, 0.2) is 72.8 Å². The number of nitrogens with two attached hydrogens (primary N) is 1. The summed E-state index contributed by atoms with van der Waals surface area (Å²) in [5.74, 6) is 4.42. The Labute approximate surface area is 223 Å². The molecule has 3 aromatic rings. The average Bonchev–Trinajstić information content (AvgIpc) is 2.95. The zero-order valence-electron chi connectivity index (χ0n) is 20.6. The number of rotatable bonds is 10. The van der Waals surface area contributed by atoms with E-state index in [1.807, 2.05) is 0 Å². The maximum Gasteiger partial charge on any atom is 0.269 e. The normalized spacial score (nSPS) is 10.9. The molecule has 12 heteroatoms. The highest BCUT2D eigenvalue weighted by molar-refractivity contribution is 5.97. The van der Waals surface area contributed by atoms with Gasteiger partial charge in [0.2, 0.25) is 5.91 Å². The van der Waals surface area contributed by atoms with Crippen molar-refractivity contribution < 1.29 is 24.5 Å². The number of hydroxylamine groups is 1. The van der Waals surface area contributed by atoms with Crippen LogP contribution in [0.4, 0.5) is 11.4 Å². The Morgan fingerprint density at radius 2 is 1.51 bits per heavy atom. The van der Waals surface area contributed by atoms with Crippen LogP contribution in [0.5, 0.6) is 0 Å². The van der Waals surface area contributed by atoms with E-state index in [1.54, 1.807) is 60.7 Å². The Bertz CT molecular complexity index is 1380. The van der Waals surface area contributed by atoms with Gasteiger partial charge in [-0.1, -0.05) is 24.0 Å². The van der Waals surface area contributed by atoms with Crippen LogP contribution in [-0.2, 0) is 16.1 Å². The lowest BCUT2D eigenvalue weighted by Gasteiger charge is -2.14. The van der Waals surface area contributed by atoms with Gasteiger partial charge in [0, 0.05) is 47.6 Å². The third kappa shape index (κ3) is 8.76. The van der Waals surface area contributed by atoms with Crippen molar-refractivity contribution in [3.63, 3.8) is 0 Å². The van der Waals surface area contributed by atoms with E-state index in [1.165, 1.54) is 17.6 Å². The molecule has 12 nitrogen and oxygen atoms in total. The number of nitrogens with zero attached hydrogens (tertiary/aromatic N) is 1. The summed E-state index contributed by atoms with van der Waals surface area (Å²) in [4.78, 5) is 46.1. The van der Waals surface area contributed by atoms with Crippen LogP contribution < -0.4 is 27.2 Å². The summed E-state index contributed by atoms with van der Waals surface area (Å²) in [5.41, 5.74) is 9.99. The van der Waals surface area contributed by atoms with E-state index in [0.29, 0.717) is 28.9 Å². The fourth-order valence-corrected chi connectivity index (χ4v) is 3.30. The van der Waals surface area contributed by atoms with Crippen molar-refractivity contribution >= 4 is 29.1 Å². The minimum Gasteiger partial charge on any atom is -0.339 e. The number of hydrogen-bond donors (Lipinski definition) is 6. The molecule has 0 unspecified atom stereocenters. The Kier molecular flexibility index (Phi) is 10.2. The molecular formula is C27H26N6O6. The monoisotopic (exact) mass is 530 g/mol. The molecule has 0 aliphatic rings.